The zero-order valence-electron chi connectivity index (χ0n) is 8.00. The third kappa shape index (κ3) is 2.29. The molecule has 0 spiro atoms. The van der Waals surface area contributed by atoms with Crippen molar-refractivity contribution in [3.63, 3.8) is 0 Å². The van der Waals surface area contributed by atoms with Gasteiger partial charge in [-0.15, -0.1) is 11.3 Å². The molecule has 1 aromatic rings. The van der Waals surface area contributed by atoms with Crippen LogP contribution in [0.15, 0.2) is 11.4 Å². The molecule has 1 aliphatic rings. The van der Waals surface area contributed by atoms with Gasteiger partial charge >= 0.3 is 0 Å². The van der Waals surface area contributed by atoms with Gasteiger partial charge in [0.05, 0.1) is 2.88 Å². The van der Waals surface area contributed by atoms with E-state index in [2.05, 4.69) is 39.5 Å². The zero-order chi connectivity index (χ0) is 9.97. The van der Waals surface area contributed by atoms with Crippen LogP contribution in [0.5, 0.6) is 0 Å². The first-order valence-electron chi connectivity index (χ1n) is 5.01. The summed E-state index contributed by atoms with van der Waals surface area (Å²) in [6, 6.07) is 2.62. The summed E-state index contributed by atoms with van der Waals surface area (Å²) in [7, 11) is 0. The van der Waals surface area contributed by atoms with Gasteiger partial charge in [0.15, 0.2) is 0 Å². The summed E-state index contributed by atoms with van der Waals surface area (Å²) in [5.41, 5.74) is 4.35. The molecule has 0 amide bonds. The van der Waals surface area contributed by atoms with Crippen molar-refractivity contribution >= 4 is 33.9 Å². The molecular formula is C10H15IN2S. The maximum Gasteiger partial charge on any atom is 0.0656 e. The Labute approximate surface area is 102 Å². The Balaban J connectivity index is 2.12. The molecule has 1 heterocycles. The molecule has 1 saturated carbocycles. The van der Waals surface area contributed by atoms with E-state index in [1.807, 2.05) is 0 Å². The predicted octanol–water partition coefficient (Wildman–Crippen LogP) is 3.05. The first kappa shape index (κ1) is 10.9. The molecule has 1 aromatic heterocycles. The molecule has 2 nitrogen and oxygen atoms in total. The molecule has 0 saturated heterocycles. The molecule has 14 heavy (non-hydrogen) atoms. The molecule has 1 atom stereocenters. The number of nitrogens with one attached hydrogen (secondary N) is 1. The van der Waals surface area contributed by atoms with Crippen molar-refractivity contribution in [2.24, 2.45) is 11.8 Å². The normalized spacial score (nSPS) is 20.1. The fourth-order valence-electron chi connectivity index (χ4n) is 2.28. The van der Waals surface area contributed by atoms with Crippen molar-refractivity contribution in [2.75, 3.05) is 0 Å². The third-order valence-corrected chi connectivity index (χ3v) is 4.80. The highest BCUT2D eigenvalue weighted by atomic mass is 127. The molecule has 1 fully saturated rings. The molecule has 2 rings (SSSR count). The molecule has 3 N–H and O–H groups in total. The Morgan fingerprint density at radius 3 is 2.71 bits per heavy atom. The van der Waals surface area contributed by atoms with Crippen LogP contribution in [0.3, 0.4) is 0 Å². The van der Waals surface area contributed by atoms with Crippen LogP contribution in [-0.4, -0.2) is 0 Å². The summed E-state index contributed by atoms with van der Waals surface area (Å²) in [6.07, 6.45) is 5.37. The van der Waals surface area contributed by atoms with Crippen LogP contribution in [-0.2, 0) is 0 Å². The van der Waals surface area contributed by atoms with E-state index in [9.17, 15) is 0 Å². The van der Waals surface area contributed by atoms with Crippen LogP contribution in [0.4, 0.5) is 0 Å². The maximum atomic E-state index is 5.65. The predicted molar refractivity (Wildman–Crippen MR) is 69.1 cm³/mol. The third-order valence-electron chi connectivity index (χ3n) is 3.00. The van der Waals surface area contributed by atoms with Crippen LogP contribution in [0.1, 0.15) is 37.3 Å². The number of hydrogen-bond acceptors (Lipinski definition) is 3. The molecule has 0 aliphatic heterocycles. The van der Waals surface area contributed by atoms with E-state index in [1.54, 1.807) is 11.3 Å². The van der Waals surface area contributed by atoms with Crippen molar-refractivity contribution < 1.29 is 0 Å². The maximum absolute atomic E-state index is 5.65. The van der Waals surface area contributed by atoms with Crippen molar-refractivity contribution in [2.45, 2.75) is 31.7 Å². The van der Waals surface area contributed by atoms with Crippen LogP contribution >= 0.6 is 33.9 Å². The van der Waals surface area contributed by atoms with Gasteiger partial charge < -0.3 is 0 Å². The Morgan fingerprint density at radius 2 is 2.21 bits per heavy atom. The summed E-state index contributed by atoms with van der Waals surface area (Å²) >= 11 is 4.16. The van der Waals surface area contributed by atoms with Crippen LogP contribution in [0.2, 0.25) is 0 Å². The number of hydrogen-bond donors (Lipinski definition) is 2. The minimum Gasteiger partial charge on any atom is -0.271 e. The van der Waals surface area contributed by atoms with Gasteiger partial charge in [0.1, 0.15) is 0 Å². The first-order valence-corrected chi connectivity index (χ1v) is 6.97. The van der Waals surface area contributed by atoms with Crippen molar-refractivity contribution in [1.82, 2.24) is 5.43 Å². The lowest BCUT2D eigenvalue weighted by atomic mass is 9.94. The summed E-state index contributed by atoms with van der Waals surface area (Å²) in [4.78, 5) is 0. The summed E-state index contributed by atoms with van der Waals surface area (Å²) in [6.45, 7) is 0. The van der Waals surface area contributed by atoms with Gasteiger partial charge in [-0.2, -0.15) is 0 Å². The van der Waals surface area contributed by atoms with E-state index in [4.69, 9.17) is 5.84 Å². The van der Waals surface area contributed by atoms with Gasteiger partial charge in [0.25, 0.3) is 0 Å². The smallest absolute Gasteiger partial charge is 0.0656 e. The van der Waals surface area contributed by atoms with Crippen molar-refractivity contribution in [3.05, 3.63) is 19.9 Å². The average molecular weight is 322 g/mol. The Morgan fingerprint density at radius 1 is 1.50 bits per heavy atom. The number of nitrogens with two attached hydrogens (primary N) is 1. The van der Waals surface area contributed by atoms with Crippen molar-refractivity contribution in [1.29, 1.82) is 0 Å². The van der Waals surface area contributed by atoms with E-state index < -0.39 is 0 Å². The Kier molecular flexibility index (Phi) is 3.81. The number of halogens is 1. The lowest BCUT2D eigenvalue weighted by molar-refractivity contribution is 0.374. The summed E-state index contributed by atoms with van der Waals surface area (Å²) in [5, 5.41) is 2.23. The molecule has 4 heteroatoms. The Hall–Kier alpha value is 0.350. The minimum atomic E-state index is 0.372. The molecule has 78 valence electrons. The van der Waals surface area contributed by atoms with Gasteiger partial charge in [0.2, 0.25) is 0 Å². The molecule has 1 aliphatic carbocycles. The second-order valence-corrected chi connectivity index (χ2v) is 6.68. The molecule has 0 bridgehead atoms. The van der Waals surface area contributed by atoms with Crippen LogP contribution in [0, 0.1) is 8.80 Å². The first-order chi connectivity index (χ1) is 6.81. The lowest BCUT2D eigenvalue weighted by Gasteiger charge is -2.21. The molecule has 0 aromatic carbocycles. The second kappa shape index (κ2) is 4.92. The van der Waals surface area contributed by atoms with E-state index >= 15 is 0 Å². The van der Waals surface area contributed by atoms with E-state index in [1.165, 1.54) is 34.1 Å². The summed E-state index contributed by atoms with van der Waals surface area (Å²) in [5.74, 6) is 6.39. The largest absolute Gasteiger partial charge is 0.271 e. The SMILES string of the molecule is NNC(c1csc(I)c1)C1CCCC1. The fraction of sp³-hybridized carbons (Fsp3) is 0.600. The zero-order valence-corrected chi connectivity index (χ0v) is 11.0. The topological polar surface area (TPSA) is 38.0 Å². The van der Waals surface area contributed by atoms with E-state index in [0.717, 1.165) is 5.92 Å². The number of hydrazine groups is 1. The molecule has 1 unspecified atom stereocenters. The lowest BCUT2D eigenvalue weighted by Crippen LogP contribution is -2.32. The van der Waals surface area contributed by atoms with Gasteiger partial charge in [0, 0.05) is 6.04 Å². The van der Waals surface area contributed by atoms with Crippen LogP contribution < -0.4 is 11.3 Å². The molecule has 0 radical (unpaired) electrons. The average Bonchev–Trinajstić information content (AvgIpc) is 2.79. The van der Waals surface area contributed by atoms with E-state index in [-0.39, 0.29) is 0 Å². The highest BCUT2D eigenvalue weighted by Gasteiger charge is 2.25. The van der Waals surface area contributed by atoms with Gasteiger partial charge in [-0.05, 0) is 58.4 Å². The molecular weight excluding hydrogens is 307 g/mol. The van der Waals surface area contributed by atoms with Crippen LogP contribution in [0.25, 0.3) is 0 Å². The highest BCUT2D eigenvalue weighted by molar-refractivity contribution is 14.1. The summed E-state index contributed by atoms with van der Waals surface area (Å²) < 4.78 is 1.34. The highest BCUT2D eigenvalue weighted by Crippen LogP contribution is 2.36. The number of rotatable bonds is 3. The monoisotopic (exact) mass is 322 g/mol. The standard InChI is InChI=1S/C10H15IN2S/c11-9-5-8(6-14-9)10(13-12)7-3-1-2-4-7/h5-7,10,13H,1-4,12H2. The van der Waals surface area contributed by atoms with Gasteiger partial charge in [-0.1, -0.05) is 12.8 Å². The quantitative estimate of drug-likeness (QED) is 0.510. The minimum absolute atomic E-state index is 0.372. The van der Waals surface area contributed by atoms with Crippen molar-refractivity contribution in [3.8, 4) is 0 Å². The van der Waals surface area contributed by atoms with E-state index in [0.29, 0.717) is 6.04 Å². The van der Waals surface area contributed by atoms with Gasteiger partial charge in [-0.3, -0.25) is 11.3 Å². The Bertz CT molecular complexity index is 294. The number of thiophene rings is 1. The fourth-order valence-corrected chi connectivity index (χ4v) is 3.69. The second-order valence-electron chi connectivity index (χ2n) is 3.87. The van der Waals surface area contributed by atoms with Gasteiger partial charge in [-0.25, -0.2) is 0 Å².